The predicted octanol–water partition coefficient (Wildman–Crippen LogP) is 0.863. The SMILES string of the molecule is NC(=O)CC(NC(=O)CC(N)c1ccccc1)C1CCOCC1. The van der Waals surface area contributed by atoms with Gasteiger partial charge in [-0.05, 0) is 24.3 Å². The van der Waals surface area contributed by atoms with Gasteiger partial charge in [0.2, 0.25) is 11.8 Å². The van der Waals surface area contributed by atoms with Crippen LogP contribution in [-0.2, 0) is 14.3 Å². The largest absolute Gasteiger partial charge is 0.381 e. The van der Waals surface area contributed by atoms with E-state index in [1.807, 2.05) is 30.3 Å². The van der Waals surface area contributed by atoms with Crippen LogP contribution in [0.15, 0.2) is 30.3 Å². The van der Waals surface area contributed by atoms with Crippen molar-refractivity contribution < 1.29 is 14.3 Å². The molecule has 0 radical (unpaired) electrons. The van der Waals surface area contributed by atoms with E-state index in [9.17, 15) is 9.59 Å². The van der Waals surface area contributed by atoms with Crippen molar-refractivity contribution in [3.8, 4) is 0 Å². The fraction of sp³-hybridized carbons (Fsp3) is 0.529. The third kappa shape index (κ3) is 5.65. The van der Waals surface area contributed by atoms with Crippen LogP contribution in [0.25, 0.3) is 0 Å². The minimum atomic E-state index is -0.408. The van der Waals surface area contributed by atoms with Crippen molar-refractivity contribution in [1.82, 2.24) is 5.32 Å². The van der Waals surface area contributed by atoms with Crippen molar-refractivity contribution in [3.05, 3.63) is 35.9 Å². The van der Waals surface area contributed by atoms with Crippen molar-refractivity contribution in [2.45, 2.75) is 37.8 Å². The van der Waals surface area contributed by atoms with Gasteiger partial charge < -0.3 is 21.5 Å². The molecule has 23 heavy (non-hydrogen) atoms. The van der Waals surface area contributed by atoms with Crippen LogP contribution < -0.4 is 16.8 Å². The molecular formula is C17H25N3O3. The zero-order valence-electron chi connectivity index (χ0n) is 13.2. The number of primary amides is 1. The standard InChI is InChI=1S/C17H25N3O3/c18-14(12-4-2-1-3-5-12)10-17(22)20-15(11-16(19)21)13-6-8-23-9-7-13/h1-5,13-15H,6-11,18H2,(H2,19,21)(H,20,22). The third-order valence-electron chi connectivity index (χ3n) is 4.24. The molecule has 1 aromatic carbocycles. The van der Waals surface area contributed by atoms with Crippen LogP contribution in [0.5, 0.6) is 0 Å². The van der Waals surface area contributed by atoms with Gasteiger partial charge in [0.05, 0.1) is 0 Å². The molecule has 6 heteroatoms. The Hall–Kier alpha value is -1.92. The maximum absolute atomic E-state index is 12.3. The van der Waals surface area contributed by atoms with Crippen molar-refractivity contribution in [2.75, 3.05) is 13.2 Å². The van der Waals surface area contributed by atoms with Gasteiger partial charge in [0.25, 0.3) is 0 Å². The Kier molecular flexibility index (Phi) is 6.55. The molecule has 1 aliphatic heterocycles. The van der Waals surface area contributed by atoms with Crippen LogP contribution in [0.4, 0.5) is 0 Å². The topological polar surface area (TPSA) is 107 Å². The van der Waals surface area contributed by atoms with Gasteiger partial charge in [-0.25, -0.2) is 0 Å². The summed E-state index contributed by atoms with van der Waals surface area (Å²) in [6.45, 7) is 1.30. The average molecular weight is 319 g/mol. The summed E-state index contributed by atoms with van der Waals surface area (Å²) in [7, 11) is 0. The van der Waals surface area contributed by atoms with Gasteiger partial charge in [-0.3, -0.25) is 9.59 Å². The molecule has 2 rings (SSSR count). The highest BCUT2D eigenvalue weighted by atomic mass is 16.5. The lowest BCUT2D eigenvalue weighted by atomic mass is 9.89. The highest BCUT2D eigenvalue weighted by Gasteiger charge is 2.27. The maximum Gasteiger partial charge on any atom is 0.222 e. The number of benzene rings is 1. The molecule has 0 spiro atoms. The predicted molar refractivity (Wildman–Crippen MR) is 87.3 cm³/mol. The zero-order valence-corrected chi connectivity index (χ0v) is 13.2. The molecule has 1 aliphatic rings. The first-order chi connectivity index (χ1) is 11.1. The number of hydrogen-bond donors (Lipinski definition) is 3. The molecule has 1 fully saturated rings. The number of carbonyl (C=O) groups excluding carboxylic acids is 2. The van der Waals surface area contributed by atoms with E-state index < -0.39 is 5.91 Å². The van der Waals surface area contributed by atoms with Gasteiger partial charge in [0.15, 0.2) is 0 Å². The maximum atomic E-state index is 12.3. The third-order valence-corrected chi connectivity index (χ3v) is 4.24. The first kappa shape index (κ1) is 17.4. The number of rotatable bonds is 7. The minimum absolute atomic E-state index is 0.150. The molecule has 6 nitrogen and oxygen atoms in total. The van der Waals surface area contributed by atoms with Gasteiger partial charge in [0, 0.05) is 38.1 Å². The average Bonchev–Trinajstić information content (AvgIpc) is 2.55. The minimum Gasteiger partial charge on any atom is -0.381 e. The number of nitrogens with two attached hydrogens (primary N) is 2. The van der Waals surface area contributed by atoms with Gasteiger partial charge in [-0.15, -0.1) is 0 Å². The molecule has 2 atom stereocenters. The molecule has 1 saturated heterocycles. The van der Waals surface area contributed by atoms with Gasteiger partial charge in [-0.1, -0.05) is 30.3 Å². The number of ether oxygens (including phenoxy) is 1. The second-order valence-electron chi connectivity index (χ2n) is 6.02. The number of amides is 2. The normalized spacial score (nSPS) is 18.1. The molecule has 2 unspecified atom stereocenters. The summed E-state index contributed by atoms with van der Waals surface area (Å²) in [5.74, 6) is -0.346. The monoisotopic (exact) mass is 319 g/mol. The summed E-state index contributed by atoms with van der Waals surface area (Å²) >= 11 is 0. The van der Waals surface area contributed by atoms with E-state index in [0.29, 0.717) is 13.2 Å². The van der Waals surface area contributed by atoms with Crippen molar-refractivity contribution in [3.63, 3.8) is 0 Å². The highest BCUT2D eigenvalue weighted by molar-refractivity contribution is 5.79. The summed E-state index contributed by atoms with van der Waals surface area (Å²) < 4.78 is 5.33. The van der Waals surface area contributed by atoms with Crippen LogP contribution in [0.1, 0.15) is 37.3 Å². The van der Waals surface area contributed by atoms with Gasteiger partial charge in [0.1, 0.15) is 0 Å². The number of carbonyl (C=O) groups is 2. The lowest BCUT2D eigenvalue weighted by Crippen LogP contribution is -2.45. The van der Waals surface area contributed by atoms with E-state index in [4.69, 9.17) is 16.2 Å². The van der Waals surface area contributed by atoms with Crippen molar-refractivity contribution in [2.24, 2.45) is 17.4 Å². The second kappa shape index (κ2) is 8.64. The van der Waals surface area contributed by atoms with E-state index in [2.05, 4.69) is 5.32 Å². The Labute approximate surface area is 136 Å². The van der Waals surface area contributed by atoms with Crippen molar-refractivity contribution >= 4 is 11.8 Å². The molecule has 2 amide bonds. The lowest BCUT2D eigenvalue weighted by Gasteiger charge is -2.30. The van der Waals surface area contributed by atoms with E-state index in [-0.39, 0.29) is 36.8 Å². The van der Waals surface area contributed by atoms with Crippen molar-refractivity contribution in [1.29, 1.82) is 0 Å². The summed E-state index contributed by atoms with van der Waals surface area (Å²) in [6, 6.07) is 8.89. The number of nitrogens with one attached hydrogen (secondary N) is 1. The van der Waals surface area contributed by atoms with E-state index in [1.54, 1.807) is 0 Å². The second-order valence-corrected chi connectivity index (χ2v) is 6.02. The summed E-state index contributed by atoms with van der Waals surface area (Å²) in [5.41, 5.74) is 12.3. The zero-order chi connectivity index (χ0) is 16.7. The Morgan fingerprint density at radius 3 is 2.43 bits per heavy atom. The molecular weight excluding hydrogens is 294 g/mol. The van der Waals surface area contributed by atoms with Crippen LogP contribution in [0, 0.1) is 5.92 Å². The fourth-order valence-corrected chi connectivity index (χ4v) is 2.95. The molecule has 126 valence electrons. The Morgan fingerprint density at radius 2 is 1.83 bits per heavy atom. The first-order valence-electron chi connectivity index (χ1n) is 8.02. The summed E-state index contributed by atoms with van der Waals surface area (Å²) in [4.78, 5) is 23.6. The smallest absolute Gasteiger partial charge is 0.222 e. The Bertz CT molecular complexity index is 515. The van der Waals surface area contributed by atoms with Crippen LogP contribution in [0.2, 0.25) is 0 Å². The van der Waals surface area contributed by atoms with Gasteiger partial charge in [-0.2, -0.15) is 0 Å². The quantitative estimate of drug-likeness (QED) is 0.693. The molecule has 0 bridgehead atoms. The van der Waals surface area contributed by atoms with Crippen LogP contribution >= 0.6 is 0 Å². The molecule has 5 N–H and O–H groups in total. The lowest BCUT2D eigenvalue weighted by molar-refractivity contribution is -0.124. The van der Waals surface area contributed by atoms with E-state index in [0.717, 1.165) is 18.4 Å². The molecule has 0 aromatic heterocycles. The van der Waals surface area contributed by atoms with Crippen LogP contribution in [-0.4, -0.2) is 31.1 Å². The number of hydrogen-bond acceptors (Lipinski definition) is 4. The summed E-state index contributed by atoms with van der Waals surface area (Å²) in [5, 5.41) is 2.94. The highest BCUT2D eigenvalue weighted by Crippen LogP contribution is 2.21. The molecule has 0 saturated carbocycles. The first-order valence-corrected chi connectivity index (χ1v) is 8.02. The Morgan fingerprint density at radius 1 is 1.17 bits per heavy atom. The molecule has 0 aliphatic carbocycles. The molecule has 1 aromatic rings. The summed E-state index contributed by atoms with van der Waals surface area (Å²) in [6.07, 6.45) is 1.98. The fourth-order valence-electron chi connectivity index (χ4n) is 2.95. The van der Waals surface area contributed by atoms with Crippen LogP contribution in [0.3, 0.4) is 0 Å². The molecule has 1 heterocycles. The van der Waals surface area contributed by atoms with E-state index in [1.165, 1.54) is 0 Å². The van der Waals surface area contributed by atoms with E-state index >= 15 is 0 Å². The Balaban J connectivity index is 1.92. The van der Waals surface area contributed by atoms with Gasteiger partial charge >= 0.3 is 0 Å².